The number of rotatable bonds is 6. The van der Waals surface area contributed by atoms with Gasteiger partial charge in [-0.05, 0) is 17.7 Å². The largest absolute Gasteiger partial charge is 0.493 e. The molecule has 0 aromatic heterocycles. The number of benzene rings is 1. The molecule has 1 fully saturated rings. The third-order valence-electron chi connectivity index (χ3n) is 3.67. The highest BCUT2D eigenvalue weighted by molar-refractivity contribution is 5.55. The first-order valence-corrected chi connectivity index (χ1v) is 7.34. The van der Waals surface area contributed by atoms with Crippen LogP contribution in [-0.4, -0.2) is 69.8 Å². The average Bonchev–Trinajstić information content (AvgIpc) is 2.60. The van der Waals surface area contributed by atoms with E-state index in [0.717, 1.165) is 6.20 Å². The summed E-state index contributed by atoms with van der Waals surface area (Å²) in [6.45, 7) is -0.577. The Kier molecular flexibility index (Phi) is 6.28. The Morgan fingerprint density at radius 1 is 1.24 bits per heavy atom. The van der Waals surface area contributed by atoms with E-state index in [1.165, 1.54) is 31.4 Å². The van der Waals surface area contributed by atoms with Gasteiger partial charge in [-0.2, -0.15) is 0 Å². The molecule has 0 radical (unpaired) electrons. The van der Waals surface area contributed by atoms with Gasteiger partial charge in [-0.25, -0.2) is 0 Å². The monoisotopic (exact) mass is 357 g/mol. The van der Waals surface area contributed by atoms with Crippen LogP contribution in [0.4, 0.5) is 0 Å². The second kappa shape index (κ2) is 8.23. The summed E-state index contributed by atoms with van der Waals surface area (Å²) in [5.41, 5.74) is 0.481. The van der Waals surface area contributed by atoms with E-state index < -0.39 is 42.2 Å². The van der Waals surface area contributed by atoms with Crippen molar-refractivity contribution in [2.75, 3.05) is 13.7 Å². The summed E-state index contributed by atoms with van der Waals surface area (Å²) in [4.78, 5) is 9.76. The van der Waals surface area contributed by atoms with E-state index in [-0.39, 0.29) is 11.5 Å². The van der Waals surface area contributed by atoms with Crippen molar-refractivity contribution in [3.63, 3.8) is 0 Å². The zero-order chi connectivity index (χ0) is 18.6. The molecule has 10 heteroatoms. The minimum Gasteiger partial charge on any atom is -0.493 e. The first-order valence-electron chi connectivity index (χ1n) is 7.34. The predicted molar refractivity (Wildman–Crippen MR) is 83.4 cm³/mol. The van der Waals surface area contributed by atoms with Crippen LogP contribution in [0, 0.1) is 10.1 Å². The van der Waals surface area contributed by atoms with E-state index in [4.69, 9.17) is 19.3 Å². The van der Waals surface area contributed by atoms with Gasteiger partial charge in [0.25, 0.3) is 0 Å². The van der Waals surface area contributed by atoms with Crippen LogP contribution < -0.4 is 9.47 Å². The van der Waals surface area contributed by atoms with Crippen LogP contribution in [0.2, 0.25) is 0 Å². The molecule has 1 heterocycles. The van der Waals surface area contributed by atoms with Crippen molar-refractivity contribution in [1.82, 2.24) is 0 Å². The Labute approximate surface area is 142 Å². The Bertz CT molecular complexity index is 633. The lowest BCUT2D eigenvalue weighted by Gasteiger charge is -2.39. The summed E-state index contributed by atoms with van der Waals surface area (Å²) in [7, 11) is 1.36. The summed E-state index contributed by atoms with van der Waals surface area (Å²) < 4.78 is 15.9. The van der Waals surface area contributed by atoms with Crippen LogP contribution in [0.15, 0.2) is 24.4 Å². The van der Waals surface area contributed by atoms with Crippen molar-refractivity contribution in [2.45, 2.75) is 30.7 Å². The van der Waals surface area contributed by atoms with E-state index in [0.29, 0.717) is 5.56 Å². The van der Waals surface area contributed by atoms with Crippen LogP contribution in [0.5, 0.6) is 11.5 Å². The highest BCUT2D eigenvalue weighted by Crippen LogP contribution is 2.32. The molecule has 1 aromatic rings. The van der Waals surface area contributed by atoms with Crippen LogP contribution in [-0.2, 0) is 4.74 Å². The molecule has 1 aromatic carbocycles. The average molecular weight is 357 g/mol. The van der Waals surface area contributed by atoms with Gasteiger partial charge in [0.15, 0.2) is 11.5 Å². The van der Waals surface area contributed by atoms with Gasteiger partial charge in [0.2, 0.25) is 12.5 Å². The van der Waals surface area contributed by atoms with Gasteiger partial charge in [-0.1, -0.05) is 6.07 Å². The van der Waals surface area contributed by atoms with E-state index in [1.54, 1.807) is 0 Å². The molecule has 0 saturated carbocycles. The molecule has 4 N–H and O–H groups in total. The molecule has 0 aliphatic carbocycles. The molecule has 0 bridgehead atoms. The van der Waals surface area contributed by atoms with Gasteiger partial charge in [0.05, 0.1) is 18.6 Å². The fourth-order valence-electron chi connectivity index (χ4n) is 2.32. The van der Waals surface area contributed by atoms with Gasteiger partial charge in [-0.3, -0.25) is 10.1 Å². The fourth-order valence-corrected chi connectivity index (χ4v) is 2.32. The number of aliphatic hydroxyl groups excluding tert-OH is 4. The van der Waals surface area contributed by atoms with E-state index in [9.17, 15) is 25.4 Å². The maximum Gasteiger partial charge on any atom is 0.235 e. The molecule has 1 saturated heterocycles. The molecule has 10 nitrogen and oxygen atoms in total. The fraction of sp³-hybridized carbons (Fsp3) is 0.467. The third kappa shape index (κ3) is 4.44. The molecule has 0 amide bonds. The maximum absolute atomic E-state index is 10.4. The summed E-state index contributed by atoms with van der Waals surface area (Å²) in [5, 5.41) is 49.0. The first-order chi connectivity index (χ1) is 11.9. The second-order valence-corrected chi connectivity index (χ2v) is 5.33. The SMILES string of the molecule is COc1cc(/C=C\[N+](=O)[O-])ccc1O[C@H]1O[C@@H](CO)[C@H](O)[C@@H](O)[C@@H]1O. The zero-order valence-corrected chi connectivity index (χ0v) is 13.3. The number of hydrogen-bond acceptors (Lipinski definition) is 9. The molecule has 5 atom stereocenters. The van der Waals surface area contributed by atoms with Crippen molar-refractivity contribution >= 4 is 6.08 Å². The van der Waals surface area contributed by atoms with Crippen LogP contribution in [0.1, 0.15) is 5.56 Å². The number of nitrogens with zero attached hydrogens (tertiary/aromatic N) is 1. The van der Waals surface area contributed by atoms with Gasteiger partial charge in [-0.15, -0.1) is 0 Å². The summed E-state index contributed by atoms with van der Waals surface area (Å²) in [6, 6.07) is 4.43. The van der Waals surface area contributed by atoms with E-state index in [1.807, 2.05) is 0 Å². The Balaban J connectivity index is 2.19. The Hall–Kier alpha value is -2.24. The molecule has 2 rings (SSSR count). The normalized spacial score (nSPS) is 29.6. The number of ether oxygens (including phenoxy) is 3. The van der Waals surface area contributed by atoms with Gasteiger partial charge in [0.1, 0.15) is 24.4 Å². The van der Waals surface area contributed by atoms with Crippen molar-refractivity contribution < 1.29 is 39.6 Å². The Morgan fingerprint density at radius 2 is 1.96 bits per heavy atom. The molecule has 138 valence electrons. The number of methoxy groups -OCH3 is 1. The summed E-state index contributed by atoms with van der Waals surface area (Å²) in [5.74, 6) is 0.354. The van der Waals surface area contributed by atoms with Crippen molar-refractivity contribution in [3.05, 3.63) is 40.1 Å². The zero-order valence-electron chi connectivity index (χ0n) is 13.3. The lowest BCUT2D eigenvalue weighted by molar-refractivity contribution is -0.400. The summed E-state index contributed by atoms with van der Waals surface area (Å²) in [6.07, 6.45) is -5.04. The molecule has 0 spiro atoms. The Morgan fingerprint density at radius 3 is 2.56 bits per heavy atom. The lowest BCUT2D eigenvalue weighted by Crippen LogP contribution is -2.60. The molecular formula is C15H19NO9. The standard InChI is InChI=1S/C15H19NO9/c1-23-10-6-8(4-5-16(21)22)2-3-9(10)24-15-14(20)13(19)12(18)11(7-17)25-15/h2-6,11-15,17-20H,7H2,1H3/b5-4-/t11-,12-,13+,14-,15-/m0/s1. The van der Waals surface area contributed by atoms with Crippen LogP contribution in [0.3, 0.4) is 0 Å². The number of nitro groups is 1. The van der Waals surface area contributed by atoms with E-state index >= 15 is 0 Å². The second-order valence-electron chi connectivity index (χ2n) is 5.33. The van der Waals surface area contributed by atoms with Crippen molar-refractivity contribution in [2.24, 2.45) is 0 Å². The smallest absolute Gasteiger partial charge is 0.235 e. The predicted octanol–water partition coefficient (Wildman–Crippen LogP) is -0.879. The van der Waals surface area contributed by atoms with Gasteiger partial charge in [0, 0.05) is 6.08 Å². The lowest BCUT2D eigenvalue weighted by atomic mass is 9.99. The molecule has 1 aliphatic rings. The molecule has 25 heavy (non-hydrogen) atoms. The summed E-state index contributed by atoms with van der Waals surface area (Å²) >= 11 is 0. The molecular weight excluding hydrogens is 338 g/mol. The van der Waals surface area contributed by atoms with Crippen LogP contribution in [0.25, 0.3) is 6.08 Å². The van der Waals surface area contributed by atoms with Crippen molar-refractivity contribution in [3.8, 4) is 11.5 Å². The molecule has 0 unspecified atom stereocenters. The highest BCUT2D eigenvalue weighted by Gasteiger charge is 2.44. The minimum atomic E-state index is -1.57. The highest BCUT2D eigenvalue weighted by atomic mass is 16.7. The van der Waals surface area contributed by atoms with Crippen LogP contribution >= 0.6 is 0 Å². The topological polar surface area (TPSA) is 152 Å². The minimum absolute atomic E-state index is 0.144. The quantitative estimate of drug-likeness (QED) is 0.376. The first kappa shape index (κ1) is 19.1. The van der Waals surface area contributed by atoms with Gasteiger partial charge < -0.3 is 34.6 Å². The number of hydrogen-bond donors (Lipinski definition) is 4. The number of aliphatic hydroxyl groups is 4. The third-order valence-corrected chi connectivity index (χ3v) is 3.67. The molecule has 1 aliphatic heterocycles. The van der Waals surface area contributed by atoms with E-state index in [2.05, 4.69) is 0 Å². The van der Waals surface area contributed by atoms with Gasteiger partial charge >= 0.3 is 0 Å². The maximum atomic E-state index is 10.4. The van der Waals surface area contributed by atoms with Crippen molar-refractivity contribution in [1.29, 1.82) is 0 Å².